The number of hydrogen-bond donors (Lipinski definition) is 1. The smallest absolute Gasteiger partial charge is 0.0350 e. The van der Waals surface area contributed by atoms with E-state index >= 15 is 0 Å². The largest absolute Gasteiger partial charge is 0.307 e. The Bertz CT molecular complexity index is 363. The van der Waals surface area contributed by atoms with Gasteiger partial charge >= 0.3 is 0 Å². The second kappa shape index (κ2) is 7.83. The van der Waals surface area contributed by atoms with E-state index in [0.29, 0.717) is 12.1 Å². The highest BCUT2D eigenvalue weighted by molar-refractivity contribution is 5.20. The number of hydrogen-bond acceptors (Lipinski definition) is 1. The molecule has 20 heavy (non-hydrogen) atoms. The fraction of sp³-hybridized carbons (Fsp3) is 0.684. The molecule has 1 nitrogen and oxygen atoms in total. The average molecular weight is 273 g/mol. The zero-order valence-electron chi connectivity index (χ0n) is 13.4. The Morgan fingerprint density at radius 3 is 2.20 bits per heavy atom. The van der Waals surface area contributed by atoms with Crippen LogP contribution in [0.4, 0.5) is 0 Å². The molecule has 0 radical (unpaired) electrons. The normalized spacial score (nSPS) is 19.4. The summed E-state index contributed by atoms with van der Waals surface area (Å²) in [6.07, 6.45) is 8.19. The van der Waals surface area contributed by atoms with Gasteiger partial charge < -0.3 is 5.32 Å². The minimum Gasteiger partial charge on any atom is -0.307 e. The van der Waals surface area contributed by atoms with Gasteiger partial charge in [0.15, 0.2) is 0 Å². The van der Waals surface area contributed by atoms with Gasteiger partial charge in [0.25, 0.3) is 0 Å². The van der Waals surface area contributed by atoms with Gasteiger partial charge in [-0.2, -0.15) is 0 Å². The van der Waals surface area contributed by atoms with Crippen molar-refractivity contribution in [3.8, 4) is 0 Å². The van der Waals surface area contributed by atoms with E-state index in [-0.39, 0.29) is 0 Å². The monoisotopic (exact) mass is 273 g/mol. The van der Waals surface area contributed by atoms with E-state index in [1.807, 2.05) is 0 Å². The lowest BCUT2D eigenvalue weighted by molar-refractivity contribution is 0.272. The van der Waals surface area contributed by atoms with E-state index in [1.165, 1.54) is 44.1 Å². The van der Waals surface area contributed by atoms with Gasteiger partial charge in [-0.25, -0.2) is 0 Å². The SMILES string of the molecule is CCC(CC)C(NC(C)C1CCCC1)c1ccccc1. The summed E-state index contributed by atoms with van der Waals surface area (Å²) >= 11 is 0. The summed E-state index contributed by atoms with van der Waals surface area (Å²) < 4.78 is 0. The zero-order chi connectivity index (χ0) is 14.4. The Morgan fingerprint density at radius 1 is 1.05 bits per heavy atom. The Kier molecular flexibility index (Phi) is 6.09. The topological polar surface area (TPSA) is 12.0 Å². The van der Waals surface area contributed by atoms with Gasteiger partial charge in [-0.15, -0.1) is 0 Å². The maximum atomic E-state index is 3.98. The lowest BCUT2D eigenvalue weighted by Crippen LogP contribution is -2.38. The molecule has 1 fully saturated rings. The van der Waals surface area contributed by atoms with Crippen molar-refractivity contribution in [2.45, 2.75) is 71.4 Å². The molecule has 1 heteroatoms. The van der Waals surface area contributed by atoms with Crippen LogP contribution >= 0.6 is 0 Å². The van der Waals surface area contributed by atoms with E-state index in [2.05, 4.69) is 56.4 Å². The summed E-state index contributed by atoms with van der Waals surface area (Å²) in [4.78, 5) is 0. The molecule has 1 saturated carbocycles. The van der Waals surface area contributed by atoms with Crippen molar-refractivity contribution >= 4 is 0 Å². The molecule has 2 atom stereocenters. The lowest BCUT2D eigenvalue weighted by atomic mass is 9.87. The fourth-order valence-corrected chi connectivity index (χ4v) is 3.80. The van der Waals surface area contributed by atoms with Crippen LogP contribution in [0.5, 0.6) is 0 Å². The third-order valence-electron chi connectivity index (χ3n) is 5.23. The predicted octanol–water partition coefficient (Wildman–Crippen LogP) is 5.33. The van der Waals surface area contributed by atoms with Crippen molar-refractivity contribution in [3.63, 3.8) is 0 Å². The summed E-state index contributed by atoms with van der Waals surface area (Å²) in [5, 5.41) is 3.98. The van der Waals surface area contributed by atoms with Crippen LogP contribution in [0.25, 0.3) is 0 Å². The van der Waals surface area contributed by atoms with Gasteiger partial charge in [0.1, 0.15) is 0 Å². The highest BCUT2D eigenvalue weighted by atomic mass is 15.0. The van der Waals surface area contributed by atoms with Crippen molar-refractivity contribution in [1.29, 1.82) is 0 Å². The van der Waals surface area contributed by atoms with Gasteiger partial charge in [-0.05, 0) is 37.2 Å². The van der Waals surface area contributed by atoms with Crippen LogP contribution in [0.1, 0.15) is 70.9 Å². The molecule has 1 aromatic carbocycles. The van der Waals surface area contributed by atoms with Crippen LogP contribution in [-0.2, 0) is 0 Å². The van der Waals surface area contributed by atoms with E-state index in [0.717, 1.165) is 11.8 Å². The molecule has 0 bridgehead atoms. The molecule has 0 heterocycles. The van der Waals surface area contributed by atoms with Crippen LogP contribution in [0.2, 0.25) is 0 Å². The van der Waals surface area contributed by atoms with E-state index < -0.39 is 0 Å². The molecule has 112 valence electrons. The van der Waals surface area contributed by atoms with Crippen molar-refractivity contribution < 1.29 is 0 Å². The van der Waals surface area contributed by atoms with Gasteiger partial charge in [-0.1, -0.05) is 69.9 Å². The van der Waals surface area contributed by atoms with Crippen LogP contribution in [0, 0.1) is 11.8 Å². The van der Waals surface area contributed by atoms with Crippen LogP contribution < -0.4 is 5.32 Å². The molecular weight excluding hydrogens is 242 g/mol. The van der Waals surface area contributed by atoms with Gasteiger partial charge in [0.2, 0.25) is 0 Å². The lowest BCUT2D eigenvalue weighted by Gasteiger charge is -2.32. The van der Waals surface area contributed by atoms with Crippen molar-refractivity contribution in [2.24, 2.45) is 11.8 Å². The molecule has 0 amide bonds. The van der Waals surface area contributed by atoms with Crippen molar-refractivity contribution in [2.75, 3.05) is 0 Å². The van der Waals surface area contributed by atoms with Crippen molar-refractivity contribution in [3.05, 3.63) is 35.9 Å². The summed E-state index contributed by atoms with van der Waals surface area (Å²) in [6.45, 7) is 7.05. The third-order valence-corrected chi connectivity index (χ3v) is 5.23. The zero-order valence-corrected chi connectivity index (χ0v) is 13.4. The molecule has 2 rings (SSSR count). The maximum Gasteiger partial charge on any atom is 0.0350 e. The van der Waals surface area contributed by atoms with Crippen LogP contribution in [0.3, 0.4) is 0 Å². The Labute approximate surface area is 125 Å². The average Bonchev–Trinajstić information content (AvgIpc) is 3.02. The predicted molar refractivity (Wildman–Crippen MR) is 87.8 cm³/mol. The fourth-order valence-electron chi connectivity index (χ4n) is 3.80. The first-order valence-corrected chi connectivity index (χ1v) is 8.57. The molecule has 0 aromatic heterocycles. The second-order valence-electron chi connectivity index (χ2n) is 6.46. The molecule has 0 spiro atoms. The summed E-state index contributed by atoms with van der Waals surface area (Å²) in [5.74, 6) is 1.62. The number of nitrogens with one attached hydrogen (secondary N) is 1. The highest BCUT2D eigenvalue weighted by Crippen LogP contribution is 2.32. The number of benzene rings is 1. The van der Waals surface area contributed by atoms with E-state index in [4.69, 9.17) is 0 Å². The highest BCUT2D eigenvalue weighted by Gasteiger charge is 2.27. The molecule has 1 N–H and O–H groups in total. The van der Waals surface area contributed by atoms with Crippen LogP contribution in [0.15, 0.2) is 30.3 Å². The van der Waals surface area contributed by atoms with E-state index in [9.17, 15) is 0 Å². The van der Waals surface area contributed by atoms with Gasteiger partial charge in [-0.3, -0.25) is 0 Å². The standard InChI is InChI=1S/C19H31N/c1-4-16(5-2)19(18-13-7-6-8-14-18)20-15(3)17-11-9-10-12-17/h6-8,13-17,19-20H,4-5,9-12H2,1-3H3. The van der Waals surface area contributed by atoms with Gasteiger partial charge in [0, 0.05) is 12.1 Å². The van der Waals surface area contributed by atoms with Crippen LogP contribution in [-0.4, -0.2) is 6.04 Å². The second-order valence-corrected chi connectivity index (χ2v) is 6.46. The minimum atomic E-state index is 0.516. The Morgan fingerprint density at radius 2 is 1.65 bits per heavy atom. The third kappa shape index (κ3) is 3.85. The first-order chi connectivity index (χ1) is 9.76. The van der Waals surface area contributed by atoms with E-state index in [1.54, 1.807) is 0 Å². The first kappa shape index (κ1) is 15.6. The molecule has 0 aliphatic heterocycles. The van der Waals surface area contributed by atoms with Crippen molar-refractivity contribution in [1.82, 2.24) is 5.32 Å². The Balaban J connectivity index is 2.09. The molecule has 1 aliphatic carbocycles. The molecule has 1 aromatic rings. The molecule has 0 saturated heterocycles. The quantitative estimate of drug-likeness (QED) is 0.708. The summed E-state index contributed by atoms with van der Waals surface area (Å²) in [7, 11) is 0. The minimum absolute atomic E-state index is 0.516. The summed E-state index contributed by atoms with van der Waals surface area (Å²) in [5.41, 5.74) is 1.46. The summed E-state index contributed by atoms with van der Waals surface area (Å²) in [6, 6.07) is 12.2. The first-order valence-electron chi connectivity index (χ1n) is 8.57. The molecule has 2 unspecified atom stereocenters. The number of rotatable bonds is 7. The van der Waals surface area contributed by atoms with Gasteiger partial charge in [0.05, 0.1) is 0 Å². The molecular formula is C19H31N. The maximum absolute atomic E-state index is 3.98. The Hall–Kier alpha value is -0.820. The molecule has 1 aliphatic rings.